The summed E-state index contributed by atoms with van der Waals surface area (Å²) in [6.45, 7) is 5.85. The van der Waals surface area contributed by atoms with Crippen LogP contribution in [0, 0.1) is 5.82 Å². The van der Waals surface area contributed by atoms with Gasteiger partial charge in [0.2, 0.25) is 0 Å². The molecule has 0 unspecified atom stereocenters. The number of nitrogens with zero attached hydrogens (tertiary/aromatic N) is 4. The number of amides is 3. The SMILES string of the molecule is C=C(C(=O)N(C)C)c1nn(-c2ccccc2)c2c1[C@@H](c1ccc(F)cc1)[C@@H](NC(=O)c1cccc(C(F)(F)F)c1)C(=O)N2CC. The Morgan fingerprint density at radius 3 is 2.27 bits per heavy atom. The second-order valence-corrected chi connectivity index (χ2v) is 10.7. The van der Waals surface area contributed by atoms with E-state index in [9.17, 15) is 31.9 Å². The molecule has 3 aromatic carbocycles. The predicted molar refractivity (Wildman–Crippen MR) is 160 cm³/mol. The number of hydrogen-bond acceptors (Lipinski definition) is 4. The molecule has 0 saturated heterocycles. The quantitative estimate of drug-likeness (QED) is 0.221. The van der Waals surface area contributed by atoms with Gasteiger partial charge in [-0.1, -0.05) is 43.0 Å². The van der Waals surface area contributed by atoms with Crippen molar-refractivity contribution in [2.24, 2.45) is 0 Å². The highest BCUT2D eigenvalue weighted by Gasteiger charge is 2.47. The van der Waals surface area contributed by atoms with Crippen molar-refractivity contribution >= 4 is 29.1 Å². The van der Waals surface area contributed by atoms with Crippen LogP contribution >= 0.6 is 0 Å². The van der Waals surface area contributed by atoms with Gasteiger partial charge in [0.15, 0.2) is 0 Å². The molecule has 12 heteroatoms. The molecule has 0 radical (unpaired) electrons. The van der Waals surface area contributed by atoms with Gasteiger partial charge in [-0.3, -0.25) is 19.3 Å². The average Bonchev–Trinajstić information content (AvgIpc) is 3.41. The van der Waals surface area contributed by atoms with E-state index in [0.29, 0.717) is 28.7 Å². The highest BCUT2D eigenvalue weighted by Crippen LogP contribution is 2.45. The van der Waals surface area contributed by atoms with Crippen LogP contribution < -0.4 is 10.2 Å². The molecule has 1 aliphatic heterocycles. The maximum Gasteiger partial charge on any atom is 0.416 e. The van der Waals surface area contributed by atoms with Crippen LogP contribution in [0.3, 0.4) is 0 Å². The number of hydrogen-bond donors (Lipinski definition) is 1. The van der Waals surface area contributed by atoms with Crippen LogP contribution in [0.4, 0.5) is 23.4 Å². The lowest BCUT2D eigenvalue weighted by atomic mass is 9.80. The fourth-order valence-electron chi connectivity index (χ4n) is 5.43. The zero-order chi connectivity index (χ0) is 32.6. The highest BCUT2D eigenvalue weighted by molar-refractivity contribution is 6.19. The summed E-state index contributed by atoms with van der Waals surface area (Å²) < 4.78 is 56.0. The molecule has 2 atom stereocenters. The first-order valence-corrected chi connectivity index (χ1v) is 14.0. The predicted octanol–water partition coefficient (Wildman–Crippen LogP) is 5.43. The summed E-state index contributed by atoms with van der Waals surface area (Å²) in [5, 5.41) is 7.41. The van der Waals surface area contributed by atoms with E-state index in [1.807, 2.05) is 0 Å². The summed E-state index contributed by atoms with van der Waals surface area (Å²) >= 11 is 0. The van der Waals surface area contributed by atoms with Gasteiger partial charge in [0.05, 0.1) is 16.8 Å². The Labute approximate surface area is 256 Å². The first kappa shape index (κ1) is 31.2. The summed E-state index contributed by atoms with van der Waals surface area (Å²) in [7, 11) is 3.09. The summed E-state index contributed by atoms with van der Waals surface area (Å²) in [6.07, 6.45) is -4.69. The van der Waals surface area contributed by atoms with Gasteiger partial charge in [0.25, 0.3) is 17.7 Å². The Morgan fingerprint density at radius 2 is 1.67 bits per heavy atom. The molecule has 0 bridgehead atoms. The van der Waals surface area contributed by atoms with Crippen LogP contribution in [-0.2, 0) is 15.8 Å². The number of likely N-dealkylation sites (N-methyl/N-ethyl adjacent to an activating group) is 2. The van der Waals surface area contributed by atoms with E-state index >= 15 is 0 Å². The number of nitrogens with one attached hydrogen (secondary N) is 1. The monoisotopic (exact) mass is 619 g/mol. The standard InChI is InChI=1S/C33H29F4N5O3/c1-5-41-30-26(27(19(2)31(44)40(3)4)39-42(30)24-12-7-6-8-13-24)25(20-14-16-23(34)17-15-20)28(32(41)45)38-29(43)21-10-9-11-22(18-21)33(35,36)37/h6-18,25,28H,2,5H2,1,3-4H3,(H,38,43)/t25-,28-/m1/s1. The first-order chi connectivity index (χ1) is 21.3. The van der Waals surface area contributed by atoms with E-state index < -0.39 is 47.2 Å². The summed E-state index contributed by atoms with van der Waals surface area (Å²) in [5.74, 6) is -3.23. The molecular formula is C33H29F4N5O3. The van der Waals surface area contributed by atoms with Gasteiger partial charge in [0.1, 0.15) is 23.4 Å². The van der Waals surface area contributed by atoms with Crippen LogP contribution in [0.1, 0.15) is 45.6 Å². The minimum atomic E-state index is -4.69. The smallest absolute Gasteiger partial charge is 0.345 e. The maximum absolute atomic E-state index is 14.3. The lowest BCUT2D eigenvalue weighted by Crippen LogP contribution is -2.55. The van der Waals surface area contributed by atoms with Crippen molar-refractivity contribution < 1.29 is 31.9 Å². The fourth-order valence-corrected chi connectivity index (χ4v) is 5.43. The lowest BCUT2D eigenvalue weighted by Gasteiger charge is -2.38. The van der Waals surface area contributed by atoms with Gasteiger partial charge in [-0.05, 0) is 55.0 Å². The van der Waals surface area contributed by atoms with Crippen molar-refractivity contribution in [1.29, 1.82) is 0 Å². The number of carbonyl (C=O) groups is 3. The molecule has 232 valence electrons. The third-order valence-electron chi connectivity index (χ3n) is 7.56. The number of carbonyl (C=O) groups excluding carboxylic acids is 3. The van der Waals surface area contributed by atoms with E-state index in [4.69, 9.17) is 5.10 Å². The van der Waals surface area contributed by atoms with Crippen molar-refractivity contribution in [1.82, 2.24) is 20.0 Å². The van der Waals surface area contributed by atoms with Crippen molar-refractivity contribution in [2.75, 3.05) is 25.5 Å². The zero-order valence-electron chi connectivity index (χ0n) is 24.6. The second-order valence-electron chi connectivity index (χ2n) is 10.7. The molecule has 1 aliphatic rings. The normalized spacial score (nSPS) is 16.2. The van der Waals surface area contributed by atoms with E-state index in [0.717, 1.165) is 12.1 Å². The topological polar surface area (TPSA) is 87.5 Å². The first-order valence-electron chi connectivity index (χ1n) is 14.0. The molecule has 4 aromatic rings. The molecule has 45 heavy (non-hydrogen) atoms. The molecule has 2 heterocycles. The van der Waals surface area contributed by atoms with Gasteiger partial charge < -0.3 is 10.2 Å². The number of halogens is 4. The molecule has 1 N–H and O–H groups in total. The maximum atomic E-state index is 14.3. The average molecular weight is 620 g/mol. The molecule has 0 fully saturated rings. The molecule has 5 rings (SSSR count). The molecule has 0 saturated carbocycles. The van der Waals surface area contributed by atoms with Crippen LogP contribution in [0.2, 0.25) is 0 Å². The summed E-state index contributed by atoms with van der Waals surface area (Å²) in [6, 6.07) is 16.7. The van der Waals surface area contributed by atoms with E-state index in [2.05, 4.69) is 11.9 Å². The van der Waals surface area contributed by atoms with E-state index in [1.165, 1.54) is 44.8 Å². The molecule has 0 spiro atoms. The van der Waals surface area contributed by atoms with Gasteiger partial charge >= 0.3 is 6.18 Å². The van der Waals surface area contributed by atoms with Gasteiger partial charge in [0, 0.05) is 37.7 Å². The van der Waals surface area contributed by atoms with Crippen molar-refractivity contribution in [2.45, 2.75) is 25.1 Å². The Hall–Kier alpha value is -5.26. The Morgan fingerprint density at radius 1 is 1.00 bits per heavy atom. The van der Waals surface area contributed by atoms with Gasteiger partial charge in [-0.25, -0.2) is 9.07 Å². The molecule has 0 aliphatic carbocycles. The lowest BCUT2D eigenvalue weighted by molar-refractivity contribution is -0.137. The minimum absolute atomic E-state index is 0.00593. The molecular weight excluding hydrogens is 590 g/mol. The van der Waals surface area contributed by atoms with E-state index in [-0.39, 0.29) is 23.4 Å². The number of benzene rings is 3. The third-order valence-corrected chi connectivity index (χ3v) is 7.56. The molecule has 8 nitrogen and oxygen atoms in total. The Kier molecular flexibility index (Phi) is 8.33. The Bertz CT molecular complexity index is 1780. The number of alkyl halides is 3. The molecule has 1 aromatic heterocycles. The largest absolute Gasteiger partial charge is 0.416 e. The van der Waals surface area contributed by atoms with Crippen molar-refractivity contribution in [3.8, 4) is 5.69 Å². The van der Waals surface area contributed by atoms with Gasteiger partial charge in [-0.2, -0.15) is 18.3 Å². The fraction of sp³-hybridized carbons (Fsp3) is 0.212. The van der Waals surface area contributed by atoms with E-state index in [1.54, 1.807) is 51.4 Å². The zero-order valence-corrected chi connectivity index (χ0v) is 24.6. The molecule has 3 amide bonds. The van der Waals surface area contributed by atoms with Gasteiger partial charge in [-0.15, -0.1) is 0 Å². The van der Waals surface area contributed by atoms with Crippen LogP contribution in [0.5, 0.6) is 0 Å². The van der Waals surface area contributed by atoms with Crippen LogP contribution in [0.15, 0.2) is 85.4 Å². The second kappa shape index (κ2) is 12.0. The number of fused-ring (bicyclic) bond motifs is 1. The summed E-state index contributed by atoms with van der Waals surface area (Å²) in [5.41, 5.74) is 0.147. The number of anilines is 1. The number of aromatic nitrogens is 2. The number of rotatable bonds is 7. The summed E-state index contributed by atoms with van der Waals surface area (Å²) in [4.78, 5) is 43.7. The van der Waals surface area contributed by atoms with Crippen LogP contribution in [0.25, 0.3) is 11.3 Å². The van der Waals surface area contributed by atoms with Crippen molar-refractivity contribution in [3.05, 3.63) is 119 Å². The van der Waals surface area contributed by atoms with Crippen LogP contribution in [-0.4, -0.2) is 59.1 Å². The highest BCUT2D eigenvalue weighted by atomic mass is 19.4. The third kappa shape index (κ3) is 5.83. The number of para-hydroxylation sites is 1. The Balaban J connectivity index is 1.75. The van der Waals surface area contributed by atoms with Crippen molar-refractivity contribution in [3.63, 3.8) is 0 Å². The minimum Gasteiger partial charge on any atom is -0.345 e.